The highest BCUT2D eigenvalue weighted by Crippen LogP contribution is 2.34. The van der Waals surface area contributed by atoms with E-state index in [-0.39, 0.29) is 10.8 Å². The molecule has 3 N–H and O–H groups in total. The Hall–Kier alpha value is -2.03. The van der Waals surface area contributed by atoms with Crippen LogP contribution in [0.1, 0.15) is 44.6 Å². The second kappa shape index (κ2) is 9.63. The van der Waals surface area contributed by atoms with E-state index in [1.807, 2.05) is 18.2 Å². The Balaban J connectivity index is 1.45. The summed E-state index contributed by atoms with van der Waals surface area (Å²) in [6, 6.07) is 12.7. The van der Waals surface area contributed by atoms with E-state index in [1.54, 1.807) is 18.2 Å². The Kier molecular flexibility index (Phi) is 6.89. The summed E-state index contributed by atoms with van der Waals surface area (Å²) in [7, 11) is -3.78. The minimum atomic E-state index is -3.78. The van der Waals surface area contributed by atoms with Crippen molar-refractivity contribution in [3.05, 3.63) is 48.0 Å². The molecule has 1 heterocycles. The minimum Gasteiger partial charge on any atom is -0.324 e. The van der Waals surface area contributed by atoms with E-state index >= 15 is 0 Å². The number of para-hydroxylation sites is 1. The van der Waals surface area contributed by atoms with Crippen LogP contribution in [-0.4, -0.2) is 26.1 Å². The molecule has 1 atom stereocenters. The van der Waals surface area contributed by atoms with Crippen molar-refractivity contribution in [1.29, 1.82) is 0 Å². The molecule has 0 aromatic heterocycles. The van der Waals surface area contributed by atoms with Gasteiger partial charge in [0.15, 0.2) is 0 Å². The van der Waals surface area contributed by atoms with Crippen molar-refractivity contribution >= 4 is 39.1 Å². The van der Waals surface area contributed by atoms with Crippen molar-refractivity contribution in [2.75, 3.05) is 15.8 Å². The molecule has 1 aliphatic carbocycles. The largest absolute Gasteiger partial charge is 0.324 e. The second-order valence-electron chi connectivity index (χ2n) is 8.43. The first-order valence-electron chi connectivity index (χ1n) is 10.8. The molecule has 0 spiro atoms. The van der Waals surface area contributed by atoms with Gasteiger partial charge in [-0.25, -0.2) is 8.42 Å². The molecule has 166 valence electrons. The first-order valence-corrected chi connectivity index (χ1v) is 13.3. The summed E-state index contributed by atoms with van der Waals surface area (Å²) in [5, 5.41) is 6.30. The van der Waals surface area contributed by atoms with E-state index < -0.39 is 10.0 Å². The van der Waals surface area contributed by atoms with Gasteiger partial charge in [-0.1, -0.05) is 43.9 Å². The molecule has 2 aromatic rings. The van der Waals surface area contributed by atoms with Gasteiger partial charge in [0.25, 0.3) is 10.0 Å². The smallest absolute Gasteiger partial charge is 0.261 e. The molecule has 6 nitrogen and oxygen atoms in total. The number of nitrogens with one attached hydrogen (secondary N) is 3. The van der Waals surface area contributed by atoms with Gasteiger partial charge in [-0.05, 0) is 49.1 Å². The summed E-state index contributed by atoms with van der Waals surface area (Å²) < 4.78 is 28.8. The van der Waals surface area contributed by atoms with Crippen LogP contribution in [0.25, 0.3) is 0 Å². The molecule has 0 bridgehead atoms. The highest BCUT2D eigenvalue weighted by Gasteiger charge is 2.22. The topological polar surface area (TPSA) is 87.3 Å². The molecular weight excluding hydrogens is 430 g/mol. The standard InChI is InChI=1S/C23H29N3O3S2/c1-16(12-17-6-2-3-7-17)24-14-18-8-4-5-9-20(18)26-31(28,29)19-10-11-22-21(13-19)25-23(27)15-30-22/h4-5,8-11,13,16-17,24,26H,2-3,6-7,12,14-15H2,1H3,(H,25,27)/t16-/m0/s1. The van der Waals surface area contributed by atoms with Crippen molar-refractivity contribution in [1.82, 2.24) is 5.32 Å². The third kappa shape index (κ3) is 5.61. The van der Waals surface area contributed by atoms with E-state index in [1.165, 1.54) is 43.5 Å². The van der Waals surface area contributed by atoms with Gasteiger partial charge in [0.1, 0.15) is 0 Å². The first-order chi connectivity index (χ1) is 14.9. The van der Waals surface area contributed by atoms with Crippen LogP contribution in [0.5, 0.6) is 0 Å². The summed E-state index contributed by atoms with van der Waals surface area (Å²) in [6.45, 7) is 2.80. The average Bonchev–Trinajstić information content (AvgIpc) is 3.25. The van der Waals surface area contributed by atoms with Crippen molar-refractivity contribution in [3.8, 4) is 0 Å². The molecule has 1 fully saturated rings. The van der Waals surface area contributed by atoms with Crippen molar-refractivity contribution in [2.45, 2.75) is 61.4 Å². The summed E-state index contributed by atoms with van der Waals surface area (Å²) in [4.78, 5) is 12.7. The van der Waals surface area contributed by atoms with Crippen LogP contribution in [0, 0.1) is 5.92 Å². The molecule has 1 amide bonds. The molecule has 8 heteroatoms. The van der Waals surface area contributed by atoms with Crippen LogP contribution in [0.4, 0.5) is 11.4 Å². The summed E-state index contributed by atoms with van der Waals surface area (Å²) >= 11 is 1.41. The number of thioether (sulfide) groups is 1. The third-order valence-electron chi connectivity index (χ3n) is 5.96. The zero-order valence-electron chi connectivity index (χ0n) is 17.7. The summed E-state index contributed by atoms with van der Waals surface area (Å²) in [5.74, 6) is 1.03. The van der Waals surface area contributed by atoms with Gasteiger partial charge < -0.3 is 10.6 Å². The third-order valence-corrected chi connectivity index (χ3v) is 8.40. The number of benzene rings is 2. The number of hydrogen-bond acceptors (Lipinski definition) is 5. The van der Waals surface area contributed by atoms with Gasteiger partial charge in [-0.3, -0.25) is 9.52 Å². The maximum atomic E-state index is 13.0. The van der Waals surface area contributed by atoms with E-state index in [9.17, 15) is 13.2 Å². The minimum absolute atomic E-state index is 0.122. The van der Waals surface area contributed by atoms with Crippen LogP contribution in [0.15, 0.2) is 52.3 Å². The number of anilines is 2. The molecule has 4 rings (SSSR count). The number of sulfonamides is 1. The number of amides is 1. The van der Waals surface area contributed by atoms with Crippen LogP contribution in [-0.2, 0) is 21.4 Å². The Labute approximate surface area is 188 Å². The first kappa shape index (κ1) is 22.2. The lowest BCUT2D eigenvalue weighted by Gasteiger charge is -2.20. The van der Waals surface area contributed by atoms with Crippen molar-refractivity contribution in [2.24, 2.45) is 5.92 Å². The maximum Gasteiger partial charge on any atom is 0.261 e. The Morgan fingerprint density at radius 3 is 2.74 bits per heavy atom. The van der Waals surface area contributed by atoms with Crippen LogP contribution in [0.3, 0.4) is 0 Å². The Morgan fingerprint density at radius 1 is 1.16 bits per heavy atom. The number of carbonyl (C=O) groups excluding carboxylic acids is 1. The SMILES string of the molecule is C[C@@H](CC1CCCC1)NCc1ccccc1NS(=O)(=O)c1ccc2c(c1)NC(=O)CS2. The van der Waals surface area contributed by atoms with E-state index in [0.717, 1.165) is 22.8 Å². The normalized spacial score (nSPS) is 17.8. The zero-order chi connectivity index (χ0) is 21.8. The lowest BCUT2D eigenvalue weighted by molar-refractivity contribution is -0.113. The molecule has 0 radical (unpaired) electrons. The molecule has 0 unspecified atom stereocenters. The lowest BCUT2D eigenvalue weighted by Crippen LogP contribution is -2.28. The number of hydrogen-bond donors (Lipinski definition) is 3. The fourth-order valence-electron chi connectivity index (χ4n) is 4.32. The van der Waals surface area contributed by atoms with Crippen LogP contribution in [0.2, 0.25) is 0 Å². The summed E-state index contributed by atoms with van der Waals surface area (Å²) in [6.07, 6.45) is 6.48. The Morgan fingerprint density at radius 2 is 1.94 bits per heavy atom. The maximum absolute atomic E-state index is 13.0. The monoisotopic (exact) mass is 459 g/mol. The van der Waals surface area contributed by atoms with E-state index in [0.29, 0.717) is 29.7 Å². The molecule has 1 aliphatic heterocycles. The highest BCUT2D eigenvalue weighted by molar-refractivity contribution is 8.00. The van der Waals surface area contributed by atoms with Gasteiger partial charge in [0, 0.05) is 17.5 Å². The average molecular weight is 460 g/mol. The van der Waals surface area contributed by atoms with Crippen LogP contribution >= 0.6 is 11.8 Å². The van der Waals surface area contributed by atoms with Gasteiger partial charge in [0.2, 0.25) is 5.91 Å². The van der Waals surface area contributed by atoms with Crippen molar-refractivity contribution in [3.63, 3.8) is 0 Å². The highest BCUT2D eigenvalue weighted by atomic mass is 32.2. The molecule has 2 aromatic carbocycles. The van der Waals surface area contributed by atoms with E-state index in [4.69, 9.17) is 0 Å². The lowest BCUT2D eigenvalue weighted by atomic mass is 9.99. The Bertz CT molecular complexity index is 1050. The fourth-order valence-corrected chi connectivity index (χ4v) is 6.24. The molecular formula is C23H29N3O3S2. The zero-order valence-corrected chi connectivity index (χ0v) is 19.3. The molecule has 31 heavy (non-hydrogen) atoms. The van der Waals surface area contributed by atoms with Gasteiger partial charge in [-0.2, -0.15) is 0 Å². The number of rotatable bonds is 8. The predicted octanol–water partition coefficient (Wildman–Crippen LogP) is 4.59. The van der Waals surface area contributed by atoms with Crippen molar-refractivity contribution < 1.29 is 13.2 Å². The number of carbonyl (C=O) groups is 1. The molecule has 0 saturated heterocycles. The fraction of sp³-hybridized carbons (Fsp3) is 0.435. The van der Waals surface area contributed by atoms with Gasteiger partial charge in [-0.15, -0.1) is 11.8 Å². The predicted molar refractivity (Wildman–Crippen MR) is 126 cm³/mol. The van der Waals surface area contributed by atoms with Gasteiger partial charge in [0.05, 0.1) is 22.0 Å². The number of fused-ring (bicyclic) bond motifs is 1. The second-order valence-corrected chi connectivity index (χ2v) is 11.1. The quantitative estimate of drug-likeness (QED) is 0.537. The van der Waals surface area contributed by atoms with Crippen LogP contribution < -0.4 is 15.4 Å². The van der Waals surface area contributed by atoms with Gasteiger partial charge >= 0.3 is 0 Å². The molecule has 1 saturated carbocycles. The summed E-state index contributed by atoms with van der Waals surface area (Å²) in [5.41, 5.74) is 2.02. The molecule has 2 aliphatic rings. The van der Waals surface area contributed by atoms with E-state index in [2.05, 4.69) is 22.3 Å².